The standard InChI is InChI=1S/C31H39N3O2/c1-29(2,3)21-15-19(27(35)23(17-21)31(7,8)9)14-20-16-22(30(4,5)6)18-26(28(20)36)34-32-24-12-10-11-13-25(24)33-34/h10-13,15-18,35-36H,14H2,1-9H3. The summed E-state index contributed by atoms with van der Waals surface area (Å²) >= 11 is 0. The molecule has 0 aliphatic rings. The summed E-state index contributed by atoms with van der Waals surface area (Å²) in [6.45, 7) is 19.3. The largest absolute Gasteiger partial charge is 0.507 e. The predicted molar refractivity (Wildman–Crippen MR) is 148 cm³/mol. The van der Waals surface area contributed by atoms with E-state index in [0.717, 1.165) is 38.9 Å². The molecular formula is C31H39N3O2. The Morgan fingerprint density at radius 1 is 0.639 bits per heavy atom. The molecule has 0 unspecified atom stereocenters. The van der Waals surface area contributed by atoms with Crippen LogP contribution in [0.5, 0.6) is 11.5 Å². The van der Waals surface area contributed by atoms with Gasteiger partial charge in [0.15, 0.2) is 0 Å². The lowest BCUT2D eigenvalue weighted by atomic mass is 9.78. The fourth-order valence-electron chi connectivity index (χ4n) is 4.40. The first-order chi connectivity index (χ1) is 16.6. The molecule has 2 N–H and O–H groups in total. The van der Waals surface area contributed by atoms with Crippen LogP contribution in [0.2, 0.25) is 0 Å². The lowest BCUT2D eigenvalue weighted by Gasteiger charge is -2.28. The first-order valence-electron chi connectivity index (χ1n) is 12.6. The molecule has 0 spiro atoms. The molecule has 4 rings (SSSR count). The van der Waals surface area contributed by atoms with Crippen molar-refractivity contribution in [3.63, 3.8) is 0 Å². The van der Waals surface area contributed by atoms with Gasteiger partial charge >= 0.3 is 0 Å². The molecule has 0 aliphatic heterocycles. The predicted octanol–water partition coefficient (Wildman–Crippen LogP) is 7.32. The molecule has 5 nitrogen and oxygen atoms in total. The van der Waals surface area contributed by atoms with Crippen LogP contribution in [-0.4, -0.2) is 25.2 Å². The monoisotopic (exact) mass is 485 g/mol. The van der Waals surface area contributed by atoms with E-state index in [1.807, 2.05) is 36.4 Å². The van der Waals surface area contributed by atoms with Crippen molar-refractivity contribution < 1.29 is 10.2 Å². The maximum absolute atomic E-state index is 11.5. The van der Waals surface area contributed by atoms with E-state index in [0.29, 0.717) is 17.9 Å². The lowest BCUT2D eigenvalue weighted by molar-refractivity contribution is 0.437. The second kappa shape index (κ2) is 8.65. The molecule has 0 amide bonds. The Bertz CT molecular complexity index is 1390. The fraction of sp³-hybridized carbons (Fsp3) is 0.419. The van der Waals surface area contributed by atoms with Gasteiger partial charge in [0, 0.05) is 12.0 Å². The van der Waals surface area contributed by atoms with Crippen LogP contribution in [-0.2, 0) is 22.7 Å². The summed E-state index contributed by atoms with van der Waals surface area (Å²) in [5, 5.41) is 32.1. The van der Waals surface area contributed by atoms with E-state index in [2.05, 4.69) is 84.6 Å². The molecule has 0 saturated heterocycles. The average Bonchev–Trinajstić information content (AvgIpc) is 3.18. The van der Waals surface area contributed by atoms with Crippen LogP contribution in [0.1, 0.15) is 90.1 Å². The first kappa shape index (κ1) is 25.7. The molecule has 3 aromatic carbocycles. The van der Waals surface area contributed by atoms with Gasteiger partial charge in [0.1, 0.15) is 28.2 Å². The Morgan fingerprint density at radius 3 is 1.58 bits per heavy atom. The Morgan fingerprint density at radius 2 is 1.11 bits per heavy atom. The third kappa shape index (κ3) is 4.97. The minimum absolute atomic E-state index is 0.0813. The SMILES string of the molecule is CC(C)(C)c1cc(Cc2cc(C(C)(C)C)cc(C(C)(C)C)c2O)c(O)c(-n2nc3ccccc3n2)c1. The summed E-state index contributed by atoms with van der Waals surface area (Å²) in [7, 11) is 0. The Labute approximate surface area is 214 Å². The molecular weight excluding hydrogens is 446 g/mol. The third-order valence-electron chi connectivity index (χ3n) is 6.78. The maximum atomic E-state index is 11.5. The van der Waals surface area contributed by atoms with Gasteiger partial charge in [-0.2, -0.15) is 0 Å². The lowest BCUT2D eigenvalue weighted by Crippen LogP contribution is -2.18. The van der Waals surface area contributed by atoms with Crippen molar-refractivity contribution in [2.75, 3.05) is 0 Å². The number of aromatic hydroxyl groups is 2. The highest BCUT2D eigenvalue weighted by Crippen LogP contribution is 2.41. The van der Waals surface area contributed by atoms with Gasteiger partial charge in [0.2, 0.25) is 0 Å². The minimum Gasteiger partial charge on any atom is -0.507 e. The van der Waals surface area contributed by atoms with E-state index in [4.69, 9.17) is 0 Å². The summed E-state index contributed by atoms with van der Waals surface area (Å²) in [6.07, 6.45) is 0.391. The van der Waals surface area contributed by atoms with Crippen LogP contribution in [0.15, 0.2) is 48.5 Å². The zero-order chi connectivity index (χ0) is 26.6. The Balaban J connectivity index is 1.92. The number of hydrogen-bond donors (Lipinski definition) is 2. The molecule has 1 aromatic heterocycles. The van der Waals surface area contributed by atoms with E-state index in [9.17, 15) is 10.2 Å². The smallest absolute Gasteiger partial charge is 0.146 e. The molecule has 0 fully saturated rings. The van der Waals surface area contributed by atoms with Crippen LogP contribution in [0, 0.1) is 0 Å². The molecule has 0 atom stereocenters. The second-order valence-corrected chi connectivity index (χ2v) is 12.9. The summed E-state index contributed by atoms with van der Waals surface area (Å²) in [4.78, 5) is 1.52. The summed E-state index contributed by atoms with van der Waals surface area (Å²) in [6, 6.07) is 15.9. The number of aromatic nitrogens is 3. The van der Waals surface area contributed by atoms with Gasteiger partial charge in [0.25, 0.3) is 0 Å². The highest BCUT2D eigenvalue weighted by atomic mass is 16.3. The molecule has 1 heterocycles. The van der Waals surface area contributed by atoms with Gasteiger partial charge in [-0.25, -0.2) is 0 Å². The number of hydrogen-bond acceptors (Lipinski definition) is 4. The van der Waals surface area contributed by atoms with Crippen molar-refractivity contribution in [1.29, 1.82) is 0 Å². The normalized spacial score (nSPS) is 12.9. The molecule has 36 heavy (non-hydrogen) atoms. The van der Waals surface area contributed by atoms with Crippen molar-refractivity contribution in [2.24, 2.45) is 0 Å². The van der Waals surface area contributed by atoms with E-state index in [1.165, 1.54) is 4.80 Å². The van der Waals surface area contributed by atoms with Crippen LogP contribution in [0.25, 0.3) is 16.7 Å². The number of benzene rings is 3. The van der Waals surface area contributed by atoms with Crippen LogP contribution in [0.4, 0.5) is 0 Å². The van der Waals surface area contributed by atoms with E-state index in [1.54, 1.807) is 0 Å². The molecule has 0 radical (unpaired) electrons. The zero-order valence-electron chi connectivity index (χ0n) is 23.1. The maximum Gasteiger partial charge on any atom is 0.146 e. The highest BCUT2D eigenvalue weighted by Gasteiger charge is 2.27. The molecule has 0 saturated carbocycles. The highest BCUT2D eigenvalue weighted by molar-refractivity contribution is 5.74. The van der Waals surface area contributed by atoms with Gasteiger partial charge in [-0.05, 0) is 56.7 Å². The molecule has 4 aromatic rings. The third-order valence-corrected chi connectivity index (χ3v) is 6.78. The number of nitrogens with zero attached hydrogens (tertiary/aromatic N) is 3. The summed E-state index contributed by atoms with van der Waals surface area (Å²) in [5.41, 5.74) is 6.29. The molecule has 5 heteroatoms. The first-order valence-corrected chi connectivity index (χ1v) is 12.6. The van der Waals surface area contributed by atoms with E-state index < -0.39 is 0 Å². The number of rotatable bonds is 3. The van der Waals surface area contributed by atoms with Crippen molar-refractivity contribution in [2.45, 2.75) is 85.0 Å². The quantitative estimate of drug-likeness (QED) is 0.319. The summed E-state index contributed by atoms with van der Waals surface area (Å²) < 4.78 is 0. The van der Waals surface area contributed by atoms with Crippen molar-refractivity contribution >= 4 is 11.0 Å². The molecule has 0 bridgehead atoms. The van der Waals surface area contributed by atoms with E-state index >= 15 is 0 Å². The van der Waals surface area contributed by atoms with Gasteiger partial charge in [0.05, 0.1) is 0 Å². The minimum atomic E-state index is -0.223. The summed E-state index contributed by atoms with van der Waals surface area (Å²) in [5.74, 6) is 0.418. The van der Waals surface area contributed by atoms with Gasteiger partial charge < -0.3 is 10.2 Å². The van der Waals surface area contributed by atoms with Crippen LogP contribution in [0.3, 0.4) is 0 Å². The molecule has 0 aliphatic carbocycles. The van der Waals surface area contributed by atoms with Crippen molar-refractivity contribution in [3.8, 4) is 17.2 Å². The number of phenolic OH excluding ortho intramolecular Hbond substituents is 2. The topological polar surface area (TPSA) is 71.2 Å². The average molecular weight is 486 g/mol. The van der Waals surface area contributed by atoms with Crippen LogP contribution >= 0.6 is 0 Å². The Kier molecular flexibility index (Phi) is 6.19. The fourth-order valence-corrected chi connectivity index (χ4v) is 4.40. The van der Waals surface area contributed by atoms with Crippen LogP contribution < -0.4 is 0 Å². The number of fused-ring (bicyclic) bond motifs is 1. The van der Waals surface area contributed by atoms with Gasteiger partial charge in [-0.3, -0.25) is 0 Å². The molecule has 190 valence electrons. The Hall–Kier alpha value is -3.34. The van der Waals surface area contributed by atoms with Crippen molar-refractivity contribution in [3.05, 3.63) is 76.3 Å². The number of phenols is 2. The van der Waals surface area contributed by atoms with Gasteiger partial charge in [-0.1, -0.05) is 92.6 Å². The second-order valence-electron chi connectivity index (χ2n) is 12.9. The van der Waals surface area contributed by atoms with Gasteiger partial charge in [-0.15, -0.1) is 15.0 Å². The van der Waals surface area contributed by atoms with Crippen molar-refractivity contribution in [1.82, 2.24) is 15.0 Å². The van der Waals surface area contributed by atoms with E-state index in [-0.39, 0.29) is 22.0 Å². The zero-order valence-corrected chi connectivity index (χ0v) is 23.1.